The Labute approximate surface area is 131 Å². The predicted octanol–water partition coefficient (Wildman–Crippen LogP) is 0.185. The van der Waals surface area contributed by atoms with E-state index in [0.29, 0.717) is 18.2 Å². The zero-order valence-electron chi connectivity index (χ0n) is 12.4. The zero-order valence-corrected chi connectivity index (χ0v) is 12.4. The summed E-state index contributed by atoms with van der Waals surface area (Å²) in [5.41, 5.74) is 3.27. The van der Waals surface area contributed by atoms with Gasteiger partial charge in [0.2, 0.25) is 0 Å². The molecule has 2 heterocycles. The van der Waals surface area contributed by atoms with Gasteiger partial charge in [0.05, 0.1) is 11.0 Å². The van der Waals surface area contributed by atoms with Crippen LogP contribution in [0.2, 0.25) is 0 Å². The van der Waals surface area contributed by atoms with Crippen LogP contribution in [0.15, 0.2) is 35.1 Å². The van der Waals surface area contributed by atoms with Crippen LogP contribution in [0, 0.1) is 0 Å². The van der Waals surface area contributed by atoms with Crippen molar-refractivity contribution in [3.8, 4) is 0 Å². The maximum atomic E-state index is 11.7. The smallest absolute Gasteiger partial charge is 0.328 e. The number of carbonyl (C=O) groups is 2. The highest BCUT2D eigenvalue weighted by molar-refractivity contribution is 5.89. The van der Waals surface area contributed by atoms with Crippen molar-refractivity contribution in [2.24, 2.45) is 0 Å². The number of carboxylic acid groups (broad SMARTS) is 2. The average Bonchev–Trinajstić information content (AvgIpc) is 2.84. The van der Waals surface area contributed by atoms with Crippen molar-refractivity contribution in [2.45, 2.75) is 19.0 Å². The van der Waals surface area contributed by atoms with Crippen LogP contribution in [-0.4, -0.2) is 44.8 Å². The Morgan fingerprint density at radius 3 is 2.52 bits per heavy atom. The van der Waals surface area contributed by atoms with Crippen LogP contribution >= 0.6 is 0 Å². The Bertz CT molecular complexity index is 802. The van der Waals surface area contributed by atoms with E-state index in [1.807, 2.05) is 23.7 Å². The summed E-state index contributed by atoms with van der Waals surface area (Å²) in [5.74, 6) is -2.51. The van der Waals surface area contributed by atoms with Gasteiger partial charge in [0.15, 0.2) is 0 Å². The molecule has 0 aliphatic carbocycles. The molecule has 4 N–H and O–H groups in total. The van der Waals surface area contributed by atoms with Gasteiger partial charge in [-0.2, -0.15) is 0 Å². The second kappa shape index (κ2) is 6.93. The van der Waals surface area contributed by atoms with Gasteiger partial charge in [-0.25, -0.2) is 14.4 Å². The minimum atomic E-state index is -1.26. The summed E-state index contributed by atoms with van der Waals surface area (Å²) in [4.78, 5) is 33.7. The molecule has 8 nitrogen and oxygen atoms in total. The molecule has 1 aliphatic heterocycles. The molecule has 1 aliphatic rings. The van der Waals surface area contributed by atoms with Gasteiger partial charge < -0.3 is 20.5 Å². The summed E-state index contributed by atoms with van der Waals surface area (Å²) in [6, 6.07) is 6.40. The highest BCUT2D eigenvalue weighted by Crippen LogP contribution is 2.22. The van der Waals surface area contributed by atoms with E-state index in [2.05, 4.69) is 16.4 Å². The van der Waals surface area contributed by atoms with Gasteiger partial charge in [0.1, 0.15) is 0 Å². The van der Waals surface area contributed by atoms with E-state index in [1.165, 1.54) is 5.56 Å². The molecular weight excluding hydrogens is 302 g/mol. The lowest BCUT2D eigenvalue weighted by Crippen LogP contribution is -2.38. The molecule has 23 heavy (non-hydrogen) atoms. The topological polar surface area (TPSA) is 124 Å². The normalized spacial score (nSPS) is 16.1. The van der Waals surface area contributed by atoms with Crippen molar-refractivity contribution >= 4 is 23.0 Å². The molecule has 0 radical (unpaired) electrons. The second-order valence-electron chi connectivity index (χ2n) is 5.05. The Morgan fingerprint density at radius 2 is 1.96 bits per heavy atom. The maximum Gasteiger partial charge on any atom is 0.328 e. The van der Waals surface area contributed by atoms with E-state index < -0.39 is 11.9 Å². The Balaban J connectivity index is 0.000000207. The molecule has 3 rings (SSSR count). The number of hydrogen-bond donors (Lipinski definition) is 4. The van der Waals surface area contributed by atoms with Gasteiger partial charge in [-0.15, -0.1) is 0 Å². The van der Waals surface area contributed by atoms with Crippen molar-refractivity contribution in [1.82, 2.24) is 14.9 Å². The summed E-state index contributed by atoms with van der Waals surface area (Å²) < 4.78 is 1.83. The summed E-state index contributed by atoms with van der Waals surface area (Å²) in [6.07, 6.45) is 2.11. The number of aliphatic carboxylic acids is 2. The van der Waals surface area contributed by atoms with E-state index >= 15 is 0 Å². The number of rotatable bonds is 3. The molecular formula is C15H17N3O5. The molecule has 0 unspecified atom stereocenters. The summed E-state index contributed by atoms with van der Waals surface area (Å²) in [7, 11) is 1.94. The van der Waals surface area contributed by atoms with Crippen LogP contribution in [0.5, 0.6) is 0 Å². The van der Waals surface area contributed by atoms with Crippen LogP contribution in [0.4, 0.5) is 0 Å². The second-order valence-corrected chi connectivity index (χ2v) is 5.05. The van der Waals surface area contributed by atoms with Crippen LogP contribution in [0.1, 0.15) is 5.56 Å². The largest absolute Gasteiger partial charge is 0.478 e. The number of hydrogen-bond acceptors (Lipinski definition) is 4. The molecule has 0 saturated heterocycles. The summed E-state index contributed by atoms with van der Waals surface area (Å²) >= 11 is 0. The molecule has 122 valence electrons. The lowest BCUT2D eigenvalue weighted by Gasteiger charge is -2.22. The quantitative estimate of drug-likeness (QED) is 0.598. The number of benzene rings is 1. The number of H-pyrrole nitrogens is 1. The van der Waals surface area contributed by atoms with Crippen molar-refractivity contribution in [1.29, 1.82) is 0 Å². The SMILES string of the molecule is CN[C@@H]1Cc2cccc3[nH]c(=O)n(c23)C1.O=C(O)/C=C/C(=O)O. The van der Waals surface area contributed by atoms with Gasteiger partial charge in [0, 0.05) is 24.7 Å². The lowest BCUT2D eigenvalue weighted by molar-refractivity contribution is -0.134. The molecule has 0 spiro atoms. The first-order chi connectivity index (χ1) is 10.9. The predicted molar refractivity (Wildman–Crippen MR) is 83.5 cm³/mol. The van der Waals surface area contributed by atoms with E-state index in [9.17, 15) is 14.4 Å². The van der Waals surface area contributed by atoms with Crippen LogP contribution < -0.4 is 11.0 Å². The molecule has 0 saturated carbocycles. The van der Waals surface area contributed by atoms with Gasteiger partial charge in [0.25, 0.3) is 0 Å². The molecule has 0 amide bonds. The highest BCUT2D eigenvalue weighted by atomic mass is 16.4. The Morgan fingerprint density at radius 1 is 1.30 bits per heavy atom. The lowest BCUT2D eigenvalue weighted by atomic mass is 10.0. The van der Waals surface area contributed by atoms with Crippen molar-refractivity contribution in [3.63, 3.8) is 0 Å². The molecule has 8 heteroatoms. The van der Waals surface area contributed by atoms with E-state index in [0.717, 1.165) is 24.0 Å². The number of aromatic amines is 1. The average molecular weight is 319 g/mol. The fourth-order valence-corrected chi connectivity index (χ4v) is 2.52. The van der Waals surface area contributed by atoms with Crippen molar-refractivity contribution in [2.75, 3.05) is 7.05 Å². The molecule has 0 bridgehead atoms. The highest BCUT2D eigenvalue weighted by Gasteiger charge is 2.21. The Kier molecular flexibility index (Phi) is 4.97. The number of nitrogens with one attached hydrogen (secondary N) is 2. The minimum absolute atomic E-state index is 0.00241. The molecule has 1 aromatic carbocycles. The molecule has 1 atom stereocenters. The van der Waals surface area contributed by atoms with E-state index in [4.69, 9.17) is 10.2 Å². The number of imidazole rings is 1. The Hall–Kier alpha value is -2.87. The maximum absolute atomic E-state index is 11.7. The third kappa shape index (κ3) is 3.86. The fraction of sp³-hybridized carbons (Fsp3) is 0.267. The zero-order chi connectivity index (χ0) is 17.0. The van der Waals surface area contributed by atoms with Crippen LogP contribution in [0.25, 0.3) is 11.0 Å². The van der Waals surface area contributed by atoms with E-state index in [1.54, 1.807) is 0 Å². The monoisotopic (exact) mass is 319 g/mol. The first-order valence-electron chi connectivity index (χ1n) is 6.94. The summed E-state index contributed by atoms with van der Waals surface area (Å²) in [5, 5.41) is 18.9. The number of para-hydroxylation sites is 1. The first kappa shape index (κ1) is 16.5. The van der Waals surface area contributed by atoms with Crippen LogP contribution in [-0.2, 0) is 22.6 Å². The van der Waals surface area contributed by atoms with Gasteiger partial charge in [-0.05, 0) is 25.1 Å². The number of likely N-dealkylation sites (N-methyl/N-ethyl adjacent to an activating group) is 1. The fourth-order valence-electron chi connectivity index (χ4n) is 2.52. The number of carboxylic acids is 2. The van der Waals surface area contributed by atoms with Crippen LogP contribution in [0.3, 0.4) is 0 Å². The summed E-state index contributed by atoms with van der Waals surface area (Å²) in [6.45, 7) is 0.756. The van der Waals surface area contributed by atoms with Gasteiger partial charge in [-0.1, -0.05) is 12.1 Å². The minimum Gasteiger partial charge on any atom is -0.478 e. The van der Waals surface area contributed by atoms with Crippen molar-refractivity contribution in [3.05, 3.63) is 46.4 Å². The number of nitrogens with zero attached hydrogens (tertiary/aromatic N) is 1. The number of aromatic nitrogens is 2. The van der Waals surface area contributed by atoms with Crippen molar-refractivity contribution < 1.29 is 19.8 Å². The molecule has 2 aromatic rings. The third-order valence-electron chi connectivity index (χ3n) is 3.52. The third-order valence-corrected chi connectivity index (χ3v) is 3.52. The molecule has 0 fully saturated rings. The standard InChI is InChI=1S/C11H13N3O.C4H4O4/c1-12-8-5-7-3-2-4-9-10(7)14(6-8)11(15)13-9;5-3(6)1-2-4(7)8/h2-4,8,12H,5-6H2,1H3,(H,13,15);1-2H,(H,5,6)(H,7,8)/b;2-1+/t8-;/m1./s1. The van der Waals surface area contributed by atoms with Gasteiger partial charge >= 0.3 is 17.6 Å². The first-order valence-corrected chi connectivity index (χ1v) is 6.94. The van der Waals surface area contributed by atoms with Gasteiger partial charge in [-0.3, -0.25) is 4.57 Å². The van der Waals surface area contributed by atoms with E-state index in [-0.39, 0.29) is 5.69 Å². The molecule has 1 aromatic heterocycles.